The van der Waals surface area contributed by atoms with Crippen LogP contribution in [0.2, 0.25) is 0 Å². The molecule has 1 aliphatic heterocycles. The van der Waals surface area contributed by atoms with Crippen LogP contribution in [0.1, 0.15) is 177 Å². The molecule has 0 N–H and O–H groups in total. The predicted molar refractivity (Wildman–Crippen MR) is 301 cm³/mol. The minimum atomic E-state index is -0.826. The van der Waals surface area contributed by atoms with E-state index in [-0.39, 0.29) is 0 Å². The fourth-order valence-electron chi connectivity index (χ4n) is 9.44. The molecule has 9 rings (SSSR count). The summed E-state index contributed by atoms with van der Waals surface area (Å²) in [4.78, 5) is 0. The summed E-state index contributed by atoms with van der Waals surface area (Å²) in [6.07, 6.45) is 2.18. The Morgan fingerprint density at radius 1 is 0.485 bits per heavy atom. The first kappa shape index (κ1) is 53.6. The Labute approximate surface area is 432 Å². The van der Waals surface area contributed by atoms with Gasteiger partial charge < -0.3 is 0 Å². The van der Waals surface area contributed by atoms with Crippen molar-refractivity contribution in [3.8, 4) is 33.4 Å². The molecule has 0 atom stereocenters. The Hall–Kier alpha value is -3.78. The van der Waals surface area contributed by atoms with Gasteiger partial charge in [-0.05, 0) is 81.7 Å². The maximum atomic E-state index is 4.93. The molecule has 354 valence electrons. The van der Waals surface area contributed by atoms with Gasteiger partial charge in [-0.15, -0.1) is 74.6 Å². The SMILES string of the molecule is CCc1cc2c(-c3cc(C(C)C)cc(C(C)C)c3)c(C(C)C)ccc2[cH-]1.CCc1cc2c(-c3cc(C(C)C)cc(C(C)C)c3)c(C(C)C)ccc2[cH-]1.[Cl][Zr][Cl].[c-]1cccc2c1[Si]c1ccccc1-2. The first-order valence-corrected chi connectivity index (χ1v) is 32.4. The molecule has 2 radical (unpaired) electrons. The van der Waals surface area contributed by atoms with Gasteiger partial charge in [0.2, 0.25) is 0 Å². The third-order valence-corrected chi connectivity index (χ3v) is 14.9. The quantitative estimate of drug-likeness (QED) is 0.0946. The maximum Gasteiger partial charge on any atom is 0.0920 e. The second-order valence-electron chi connectivity index (χ2n) is 20.4. The zero-order valence-electron chi connectivity index (χ0n) is 43.3. The van der Waals surface area contributed by atoms with E-state index in [1.807, 2.05) is 6.07 Å². The normalized spacial score (nSPS) is 11.8. The van der Waals surface area contributed by atoms with Crippen molar-refractivity contribution < 1.29 is 20.8 Å². The van der Waals surface area contributed by atoms with Crippen LogP contribution in [0.5, 0.6) is 0 Å². The van der Waals surface area contributed by atoms with E-state index in [0.717, 1.165) is 22.4 Å². The number of aryl methyl sites for hydroxylation is 2. The van der Waals surface area contributed by atoms with Gasteiger partial charge in [0, 0.05) is 0 Å². The monoisotopic (exact) mass is 1030 g/mol. The van der Waals surface area contributed by atoms with Crippen molar-refractivity contribution in [1.82, 2.24) is 0 Å². The van der Waals surface area contributed by atoms with Crippen LogP contribution in [0.4, 0.5) is 0 Å². The predicted octanol–water partition coefficient (Wildman–Crippen LogP) is 18.8. The largest absolute Gasteiger partial charge is 0.184 e. The van der Waals surface area contributed by atoms with Crippen LogP contribution in [-0.4, -0.2) is 9.52 Å². The molecule has 0 unspecified atom stereocenters. The van der Waals surface area contributed by atoms with Crippen molar-refractivity contribution in [3.63, 3.8) is 0 Å². The maximum absolute atomic E-state index is 4.93. The van der Waals surface area contributed by atoms with Gasteiger partial charge in [0.15, 0.2) is 0 Å². The first-order valence-electron chi connectivity index (χ1n) is 25.1. The number of rotatable bonds is 10. The molecule has 1 heterocycles. The molecule has 8 aromatic rings. The van der Waals surface area contributed by atoms with Gasteiger partial charge in [-0.1, -0.05) is 191 Å². The van der Waals surface area contributed by atoms with E-state index in [0.29, 0.717) is 35.5 Å². The topological polar surface area (TPSA) is 0 Å². The van der Waals surface area contributed by atoms with Gasteiger partial charge >= 0.3 is 37.9 Å². The second-order valence-corrected chi connectivity index (χ2v) is 25.4. The fraction of sp³-hybridized carbons (Fsp3) is 0.344. The molecule has 0 fully saturated rings. The van der Waals surface area contributed by atoms with Crippen molar-refractivity contribution in [2.45, 2.75) is 145 Å². The molecule has 4 heteroatoms. The average Bonchev–Trinajstić information content (AvgIpc) is 4.06. The zero-order valence-corrected chi connectivity index (χ0v) is 48.2. The van der Waals surface area contributed by atoms with Crippen LogP contribution in [-0.2, 0) is 33.7 Å². The van der Waals surface area contributed by atoms with Gasteiger partial charge in [-0.2, -0.15) is 41.6 Å². The standard InChI is InChI=1S/2C26H33.C12H7Si.2ClH.Zr/c2*1-8-19-11-20-9-10-24(18(6)7)26(25(20)12-19)23-14-21(16(2)3)13-22(15-23)17(4)5;1-3-7-11-9(5-1)10-6-2-4-8-12(10)13-11;;;/h2*9-18H,8H2,1-7H3;1-7H;2*1H;/q3*-1;;;+2/p-2. The Kier molecular flexibility index (Phi) is 19.2. The molecular formula is C64H73Cl2SiZr-3. The molecule has 68 heavy (non-hydrogen) atoms. The molecule has 1 aliphatic rings. The minimum Gasteiger partial charge on any atom is -0.184 e. The van der Waals surface area contributed by atoms with E-state index >= 15 is 0 Å². The zero-order chi connectivity index (χ0) is 49.4. The minimum absolute atomic E-state index is 0.514. The van der Waals surface area contributed by atoms with Crippen molar-refractivity contribution in [2.75, 3.05) is 0 Å². The molecule has 0 spiro atoms. The van der Waals surface area contributed by atoms with Crippen LogP contribution in [0, 0.1) is 6.07 Å². The van der Waals surface area contributed by atoms with Crippen LogP contribution in [0.25, 0.3) is 54.9 Å². The summed E-state index contributed by atoms with van der Waals surface area (Å²) in [7, 11) is 10.7. The van der Waals surface area contributed by atoms with Gasteiger partial charge in [0.25, 0.3) is 0 Å². The molecule has 0 aliphatic carbocycles. The molecule has 0 aromatic heterocycles. The summed E-state index contributed by atoms with van der Waals surface area (Å²) in [5.74, 6) is 3.19. The average molecular weight is 1030 g/mol. The Morgan fingerprint density at radius 3 is 1.26 bits per heavy atom. The van der Waals surface area contributed by atoms with Crippen molar-refractivity contribution in [3.05, 3.63) is 178 Å². The first-order chi connectivity index (χ1) is 32.5. The summed E-state index contributed by atoms with van der Waals surface area (Å²) >= 11 is -0.826. The third kappa shape index (κ3) is 12.6. The van der Waals surface area contributed by atoms with Crippen LogP contribution >= 0.6 is 17.0 Å². The molecular weight excluding hydrogens is 959 g/mol. The number of benzene rings is 6. The number of hydrogen-bond donors (Lipinski definition) is 0. The molecule has 0 saturated heterocycles. The number of hydrogen-bond acceptors (Lipinski definition) is 0. The molecule has 0 amide bonds. The Morgan fingerprint density at radius 2 is 0.882 bits per heavy atom. The van der Waals surface area contributed by atoms with E-state index in [4.69, 9.17) is 17.0 Å². The molecule has 0 bridgehead atoms. The molecule has 0 saturated carbocycles. The summed E-state index contributed by atoms with van der Waals surface area (Å²) in [5.41, 5.74) is 20.0. The summed E-state index contributed by atoms with van der Waals surface area (Å²) in [6.45, 7) is 32.1. The van der Waals surface area contributed by atoms with Gasteiger partial charge in [0.05, 0.1) is 9.52 Å². The van der Waals surface area contributed by atoms with E-state index in [2.05, 4.69) is 224 Å². The fourth-order valence-corrected chi connectivity index (χ4v) is 10.7. The summed E-state index contributed by atoms with van der Waals surface area (Å²) < 4.78 is 0. The molecule has 8 aromatic carbocycles. The van der Waals surface area contributed by atoms with Crippen LogP contribution in [0.15, 0.2) is 127 Å². The van der Waals surface area contributed by atoms with E-state index in [1.165, 1.54) is 110 Å². The third-order valence-electron chi connectivity index (χ3n) is 13.6. The van der Waals surface area contributed by atoms with E-state index in [9.17, 15) is 0 Å². The Balaban J connectivity index is 0.000000171. The summed E-state index contributed by atoms with van der Waals surface area (Å²) in [5, 5.41) is 8.42. The summed E-state index contributed by atoms with van der Waals surface area (Å²) in [6, 6.07) is 51.5. The molecule has 0 nitrogen and oxygen atoms in total. The van der Waals surface area contributed by atoms with Crippen molar-refractivity contribution in [2.24, 2.45) is 0 Å². The van der Waals surface area contributed by atoms with E-state index in [1.54, 1.807) is 0 Å². The van der Waals surface area contributed by atoms with Gasteiger partial charge in [-0.25, -0.2) is 0 Å². The van der Waals surface area contributed by atoms with Gasteiger partial charge in [0.1, 0.15) is 0 Å². The van der Waals surface area contributed by atoms with Crippen LogP contribution in [0.3, 0.4) is 0 Å². The van der Waals surface area contributed by atoms with Crippen molar-refractivity contribution >= 4 is 58.5 Å². The van der Waals surface area contributed by atoms with E-state index < -0.39 is 20.8 Å². The Bertz CT molecular complexity index is 2670. The van der Waals surface area contributed by atoms with Crippen molar-refractivity contribution in [1.29, 1.82) is 0 Å². The smallest absolute Gasteiger partial charge is 0.0920 e. The van der Waals surface area contributed by atoms with Crippen LogP contribution < -0.4 is 10.4 Å². The second kappa shape index (κ2) is 24.4. The van der Waals surface area contributed by atoms with Gasteiger partial charge in [-0.3, -0.25) is 0 Å². The number of fused-ring (bicyclic) bond motifs is 5. The number of halogens is 2.